The molecule has 3 nitrogen and oxygen atoms in total. The Balaban J connectivity index is 2.77. The maximum atomic E-state index is 6.44. The molecule has 1 rings (SSSR count). The van der Waals surface area contributed by atoms with Crippen LogP contribution in [0.15, 0.2) is 4.47 Å². The predicted octanol–water partition coefficient (Wildman–Crippen LogP) is 4.06. The van der Waals surface area contributed by atoms with E-state index in [1.165, 1.54) is 25.0 Å². The van der Waals surface area contributed by atoms with Crippen LogP contribution in [0.3, 0.4) is 0 Å². The highest BCUT2D eigenvalue weighted by atomic mass is 79.9. The molecule has 19 heavy (non-hydrogen) atoms. The first kappa shape index (κ1) is 16.7. The van der Waals surface area contributed by atoms with Crippen LogP contribution in [-0.2, 0) is 13.0 Å². The summed E-state index contributed by atoms with van der Waals surface area (Å²) >= 11 is 3.66. The second-order valence-electron chi connectivity index (χ2n) is 5.34. The zero-order chi connectivity index (χ0) is 14.4. The van der Waals surface area contributed by atoms with E-state index < -0.39 is 0 Å². The first-order valence-electron chi connectivity index (χ1n) is 7.52. The van der Waals surface area contributed by atoms with Gasteiger partial charge in [0.25, 0.3) is 0 Å². The standard InChI is InChI=1S/C15H28BrN3/c1-5-8-9-12(6-2)13(17)10-14-15(16)11(4)18-19(14)7-3/h12-13H,5-10,17H2,1-4H3. The number of unbranched alkanes of at least 4 members (excludes halogenated alkanes) is 1. The summed E-state index contributed by atoms with van der Waals surface area (Å²) in [6.45, 7) is 9.56. The third-order valence-electron chi connectivity index (χ3n) is 3.94. The van der Waals surface area contributed by atoms with Gasteiger partial charge in [-0.2, -0.15) is 5.10 Å². The molecule has 2 N–H and O–H groups in total. The molecule has 0 fully saturated rings. The Bertz CT molecular complexity index is 387. The van der Waals surface area contributed by atoms with Crippen molar-refractivity contribution in [1.29, 1.82) is 0 Å². The van der Waals surface area contributed by atoms with Crippen molar-refractivity contribution in [2.75, 3.05) is 0 Å². The zero-order valence-corrected chi connectivity index (χ0v) is 14.3. The van der Waals surface area contributed by atoms with Gasteiger partial charge in [0.2, 0.25) is 0 Å². The third-order valence-corrected chi connectivity index (χ3v) is 4.97. The van der Waals surface area contributed by atoms with Crippen LogP contribution >= 0.6 is 15.9 Å². The van der Waals surface area contributed by atoms with Crippen molar-refractivity contribution in [1.82, 2.24) is 9.78 Å². The van der Waals surface area contributed by atoms with Crippen LogP contribution in [0.1, 0.15) is 57.8 Å². The normalized spacial score (nSPS) is 14.6. The lowest BCUT2D eigenvalue weighted by Gasteiger charge is -2.23. The van der Waals surface area contributed by atoms with E-state index in [0.29, 0.717) is 5.92 Å². The summed E-state index contributed by atoms with van der Waals surface area (Å²) in [5.74, 6) is 0.618. The van der Waals surface area contributed by atoms with Crippen LogP contribution in [0.4, 0.5) is 0 Å². The largest absolute Gasteiger partial charge is 0.327 e. The van der Waals surface area contributed by atoms with Gasteiger partial charge in [-0.05, 0) is 42.1 Å². The summed E-state index contributed by atoms with van der Waals surface area (Å²) in [6.07, 6.45) is 5.85. The monoisotopic (exact) mass is 329 g/mol. The van der Waals surface area contributed by atoms with Crippen LogP contribution in [0.2, 0.25) is 0 Å². The van der Waals surface area contributed by atoms with Crippen molar-refractivity contribution in [3.63, 3.8) is 0 Å². The second-order valence-corrected chi connectivity index (χ2v) is 6.13. The van der Waals surface area contributed by atoms with Gasteiger partial charge in [0.05, 0.1) is 15.9 Å². The molecule has 2 atom stereocenters. The smallest absolute Gasteiger partial charge is 0.0738 e. The van der Waals surface area contributed by atoms with Crippen LogP contribution < -0.4 is 5.73 Å². The highest BCUT2D eigenvalue weighted by molar-refractivity contribution is 9.10. The van der Waals surface area contributed by atoms with Crippen molar-refractivity contribution in [3.8, 4) is 0 Å². The summed E-state index contributed by atoms with van der Waals surface area (Å²) in [6, 6.07) is 0.231. The number of rotatable bonds is 8. The van der Waals surface area contributed by atoms with Crippen molar-refractivity contribution in [3.05, 3.63) is 15.9 Å². The molecule has 1 heterocycles. The lowest BCUT2D eigenvalue weighted by Crippen LogP contribution is -2.33. The zero-order valence-electron chi connectivity index (χ0n) is 12.7. The van der Waals surface area contributed by atoms with E-state index >= 15 is 0 Å². The highest BCUT2D eigenvalue weighted by Crippen LogP contribution is 2.25. The lowest BCUT2D eigenvalue weighted by atomic mass is 9.89. The molecule has 0 aromatic carbocycles. The third kappa shape index (κ3) is 4.32. The van der Waals surface area contributed by atoms with Gasteiger partial charge in [0.15, 0.2) is 0 Å². The molecule has 0 bridgehead atoms. The Hall–Kier alpha value is -0.350. The fourth-order valence-corrected chi connectivity index (χ4v) is 3.09. The molecular weight excluding hydrogens is 302 g/mol. The van der Waals surface area contributed by atoms with E-state index in [9.17, 15) is 0 Å². The van der Waals surface area contributed by atoms with Crippen molar-refractivity contribution in [2.45, 2.75) is 72.4 Å². The van der Waals surface area contributed by atoms with E-state index in [2.05, 4.69) is 46.5 Å². The molecule has 0 saturated heterocycles. The maximum absolute atomic E-state index is 6.44. The van der Waals surface area contributed by atoms with Gasteiger partial charge < -0.3 is 5.73 Å². The van der Waals surface area contributed by atoms with Gasteiger partial charge in [0.1, 0.15) is 0 Å². The molecule has 0 aliphatic rings. The number of hydrogen-bond donors (Lipinski definition) is 1. The van der Waals surface area contributed by atoms with E-state index in [4.69, 9.17) is 5.73 Å². The van der Waals surface area contributed by atoms with E-state index in [1.807, 2.05) is 6.92 Å². The summed E-state index contributed by atoms with van der Waals surface area (Å²) in [4.78, 5) is 0. The minimum absolute atomic E-state index is 0.231. The van der Waals surface area contributed by atoms with Crippen molar-refractivity contribution >= 4 is 15.9 Å². The van der Waals surface area contributed by atoms with E-state index in [1.54, 1.807) is 0 Å². The van der Waals surface area contributed by atoms with E-state index in [-0.39, 0.29) is 6.04 Å². The fourth-order valence-electron chi connectivity index (χ4n) is 2.64. The Labute approximate surface area is 126 Å². The summed E-state index contributed by atoms with van der Waals surface area (Å²) in [5, 5.41) is 4.54. The van der Waals surface area contributed by atoms with Crippen molar-refractivity contribution < 1.29 is 0 Å². The molecule has 0 saturated carbocycles. The molecule has 2 unspecified atom stereocenters. The number of halogens is 1. The molecule has 0 radical (unpaired) electrons. The Morgan fingerprint density at radius 2 is 2.00 bits per heavy atom. The topological polar surface area (TPSA) is 43.8 Å². The van der Waals surface area contributed by atoms with Gasteiger partial charge in [-0.1, -0.05) is 33.1 Å². The van der Waals surface area contributed by atoms with Gasteiger partial charge in [-0.3, -0.25) is 4.68 Å². The van der Waals surface area contributed by atoms with Gasteiger partial charge in [-0.25, -0.2) is 0 Å². The molecule has 1 aromatic rings. The predicted molar refractivity (Wildman–Crippen MR) is 85.3 cm³/mol. The molecule has 1 aromatic heterocycles. The first-order chi connectivity index (χ1) is 9.04. The Morgan fingerprint density at radius 3 is 2.53 bits per heavy atom. The maximum Gasteiger partial charge on any atom is 0.0738 e. The molecule has 0 spiro atoms. The second kappa shape index (κ2) is 8.05. The Kier molecular flexibility index (Phi) is 7.08. The summed E-state index contributed by atoms with van der Waals surface area (Å²) < 4.78 is 3.21. The molecule has 110 valence electrons. The van der Waals surface area contributed by atoms with Crippen LogP contribution in [-0.4, -0.2) is 15.8 Å². The number of hydrogen-bond acceptors (Lipinski definition) is 2. The minimum atomic E-state index is 0.231. The number of nitrogens with zero attached hydrogens (tertiary/aromatic N) is 2. The molecule has 4 heteroatoms. The SMILES string of the molecule is CCCCC(CC)C(N)Cc1c(Br)c(C)nn1CC. The number of nitrogens with two attached hydrogens (primary N) is 1. The van der Waals surface area contributed by atoms with Gasteiger partial charge in [-0.15, -0.1) is 0 Å². The van der Waals surface area contributed by atoms with E-state index in [0.717, 1.165) is 29.6 Å². The Morgan fingerprint density at radius 1 is 1.32 bits per heavy atom. The lowest BCUT2D eigenvalue weighted by molar-refractivity contribution is 0.362. The van der Waals surface area contributed by atoms with Gasteiger partial charge in [0, 0.05) is 19.0 Å². The van der Waals surface area contributed by atoms with Crippen molar-refractivity contribution in [2.24, 2.45) is 11.7 Å². The molecule has 0 amide bonds. The van der Waals surface area contributed by atoms with Gasteiger partial charge >= 0.3 is 0 Å². The fraction of sp³-hybridized carbons (Fsp3) is 0.800. The van der Waals surface area contributed by atoms with Crippen LogP contribution in [0.25, 0.3) is 0 Å². The average molecular weight is 330 g/mol. The minimum Gasteiger partial charge on any atom is -0.327 e. The molecular formula is C15H28BrN3. The number of aryl methyl sites for hydroxylation is 2. The quantitative estimate of drug-likeness (QED) is 0.781. The first-order valence-corrected chi connectivity index (χ1v) is 8.31. The number of aromatic nitrogens is 2. The average Bonchev–Trinajstić information content (AvgIpc) is 2.67. The highest BCUT2D eigenvalue weighted by Gasteiger charge is 2.20. The summed E-state index contributed by atoms with van der Waals surface area (Å²) in [5.41, 5.74) is 8.75. The van der Waals surface area contributed by atoms with Crippen LogP contribution in [0.5, 0.6) is 0 Å². The van der Waals surface area contributed by atoms with Crippen LogP contribution in [0, 0.1) is 12.8 Å². The molecule has 0 aliphatic carbocycles. The molecule has 0 aliphatic heterocycles. The summed E-state index contributed by atoms with van der Waals surface area (Å²) in [7, 11) is 0.